The van der Waals surface area contributed by atoms with Crippen molar-refractivity contribution in [2.45, 2.75) is 63.6 Å². The van der Waals surface area contributed by atoms with E-state index in [1.54, 1.807) is 0 Å². The van der Waals surface area contributed by atoms with Gasteiger partial charge in [0, 0.05) is 30.8 Å². The average molecular weight is 280 g/mol. The summed E-state index contributed by atoms with van der Waals surface area (Å²) in [7, 11) is 1.85. The van der Waals surface area contributed by atoms with Gasteiger partial charge in [-0.3, -0.25) is 0 Å². The molecule has 0 aliphatic heterocycles. The van der Waals surface area contributed by atoms with Crippen molar-refractivity contribution < 1.29 is 4.74 Å². The first-order valence-corrected chi connectivity index (χ1v) is 8.27. The maximum absolute atomic E-state index is 5.89. The Kier molecular flexibility index (Phi) is 3.92. The number of thiazole rings is 1. The van der Waals surface area contributed by atoms with E-state index in [0.29, 0.717) is 0 Å². The van der Waals surface area contributed by atoms with Crippen molar-refractivity contribution in [1.29, 1.82) is 0 Å². The second-order valence-electron chi connectivity index (χ2n) is 6.17. The van der Waals surface area contributed by atoms with Gasteiger partial charge in [0.1, 0.15) is 10.6 Å². The molecular formula is C15H24N2OS. The first-order chi connectivity index (χ1) is 9.22. The summed E-state index contributed by atoms with van der Waals surface area (Å²) >= 11 is 1.84. The summed E-state index contributed by atoms with van der Waals surface area (Å²) in [6.45, 7) is 3.31. The molecule has 2 saturated carbocycles. The largest absolute Gasteiger partial charge is 0.371 e. The molecule has 0 aromatic carbocycles. The monoisotopic (exact) mass is 280 g/mol. The van der Waals surface area contributed by atoms with E-state index in [1.807, 2.05) is 24.6 Å². The molecule has 4 heteroatoms. The van der Waals surface area contributed by atoms with Crippen LogP contribution in [0.3, 0.4) is 0 Å². The van der Waals surface area contributed by atoms with Crippen LogP contribution in [0.5, 0.6) is 0 Å². The van der Waals surface area contributed by atoms with E-state index in [9.17, 15) is 0 Å². The van der Waals surface area contributed by atoms with Gasteiger partial charge in [-0.2, -0.15) is 0 Å². The average Bonchev–Trinajstić information content (AvgIpc) is 3.15. The van der Waals surface area contributed by atoms with Crippen molar-refractivity contribution >= 4 is 11.3 Å². The molecule has 2 aliphatic carbocycles. The molecule has 1 aromatic heterocycles. The quantitative estimate of drug-likeness (QED) is 0.897. The molecule has 0 bridgehead atoms. The minimum Gasteiger partial charge on any atom is -0.371 e. The second-order valence-corrected chi connectivity index (χ2v) is 7.28. The molecule has 2 fully saturated rings. The lowest BCUT2D eigenvalue weighted by molar-refractivity contribution is -0.0531. The van der Waals surface area contributed by atoms with Gasteiger partial charge < -0.3 is 10.1 Å². The first-order valence-electron chi connectivity index (χ1n) is 7.45. The molecule has 19 heavy (non-hydrogen) atoms. The number of aromatic nitrogens is 1. The Balaban J connectivity index is 1.68. The van der Waals surface area contributed by atoms with Crippen LogP contribution in [-0.4, -0.2) is 18.1 Å². The van der Waals surface area contributed by atoms with Crippen LogP contribution in [0.25, 0.3) is 0 Å². The Hall–Kier alpha value is -0.450. The molecule has 0 amide bonds. The highest BCUT2D eigenvalue weighted by molar-refractivity contribution is 7.11. The number of hydrogen-bond acceptors (Lipinski definition) is 4. The van der Waals surface area contributed by atoms with Crippen molar-refractivity contribution in [3.8, 4) is 0 Å². The lowest BCUT2D eigenvalue weighted by Gasteiger charge is -2.36. The van der Waals surface area contributed by atoms with Crippen LogP contribution in [0, 0.1) is 5.92 Å². The van der Waals surface area contributed by atoms with E-state index in [1.165, 1.54) is 35.6 Å². The minimum absolute atomic E-state index is 0.102. The predicted octanol–water partition coefficient (Wildman–Crippen LogP) is 3.45. The molecule has 0 atom stereocenters. The number of hydrogen-bond donors (Lipinski definition) is 1. The van der Waals surface area contributed by atoms with Crippen molar-refractivity contribution in [2.75, 3.05) is 7.11 Å². The topological polar surface area (TPSA) is 34.1 Å². The van der Waals surface area contributed by atoms with Gasteiger partial charge in [-0.1, -0.05) is 6.92 Å². The molecule has 1 aromatic rings. The van der Waals surface area contributed by atoms with Crippen LogP contribution < -0.4 is 5.32 Å². The third-order valence-corrected chi connectivity index (χ3v) is 5.74. The van der Waals surface area contributed by atoms with E-state index in [-0.39, 0.29) is 5.60 Å². The Morgan fingerprint density at radius 2 is 2.11 bits per heavy atom. The Morgan fingerprint density at radius 1 is 1.37 bits per heavy atom. The minimum atomic E-state index is -0.102. The Morgan fingerprint density at radius 3 is 2.74 bits per heavy atom. The molecule has 0 radical (unpaired) electrons. The summed E-state index contributed by atoms with van der Waals surface area (Å²) in [4.78, 5) is 6.00. The van der Waals surface area contributed by atoms with Crippen LogP contribution in [0.4, 0.5) is 0 Å². The van der Waals surface area contributed by atoms with Crippen molar-refractivity contribution in [3.63, 3.8) is 0 Å². The molecule has 1 N–H and O–H groups in total. The highest BCUT2D eigenvalue weighted by atomic mass is 32.1. The fourth-order valence-corrected chi connectivity index (χ4v) is 3.95. The number of methoxy groups -OCH3 is 1. The third-order valence-electron chi connectivity index (χ3n) is 4.56. The molecule has 3 rings (SSSR count). The number of nitrogens with zero attached hydrogens (tertiary/aromatic N) is 1. The van der Waals surface area contributed by atoms with Gasteiger partial charge in [-0.25, -0.2) is 4.98 Å². The predicted molar refractivity (Wildman–Crippen MR) is 78.3 cm³/mol. The SMILES string of the molecule is COC1(c2ncc(CNC3CC3)s2)CCC(C)CC1. The summed E-state index contributed by atoms with van der Waals surface area (Å²) < 4.78 is 5.89. The normalized spacial score (nSPS) is 31.6. The van der Waals surface area contributed by atoms with E-state index >= 15 is 0 Å². The van der Waals surface area contributed by atoms with Gasteiger partial charge in [0.25, 0.3) is 0 Å². The van der Waals surface area contributed by atoms with Gasteiger partial charge in [0.15, 0.2) is 0 Å². The molecule has 0 spiro atoms. The summed E-state index contributed by atoms with van der Waals surface area (Å²) in [5, 5.41) is 4.75. The van der Waals surface area contributed by atoms with Crippen LogP contribution >= 0.6 is 11.3 Å². The fourth-order valence-electron chi connectivity index (χ4n) is 2.87. The summed E-state index contributed by atoms with van der Waals surface area (Å²) in [6, 6.07) is 0.762. The van der Waals surface area contributed by atoms with Gasteiger partial charge in [-0.05, 0) is 44.4 Å². The molecule has 1 heterocycles. The molecule has 0 saturated heterocycles. The van der Waals surface area contributed by atoms with E-state index in [2.05, 4.69) is 17.2 Å². The number of nitrogens with one attached hydrogen (secondary N) is 1. The molecular weight excluding hydrogens is 256 g/mol. The van der Waals surface area contributed by atoms with Gasteiger partial charge in [0.2, 0.25) is 0 Å². The number of ether oxygens (including phenoxy) is 1. The van der Waals surface area contributed by atoms with Crippen molar-refractivity contribution in [3.05, 3.63) is 16.1 Å². The van der Waals surface area contributed by atoms with Crippen molar-refractivity contribution in [2.24, 2.45) is 5.92 Å². The van der Waals surface area contributed by atoms with Gasteiger partial charge >= 0.3 is 0 Å². The zero-order valence-corrected chi connectivity index (χ0v) is 12.8. The standard InChI is InChI=1S/C15H24N2OS/c1-11-5-7-15(18-2,8-6-11)14-17-10-13(19-14)9-16-12-3-4-12/h10-12,16H,3-9H2,1-2H3. The zero-order chi connectivity index (χ0) is 13.3. The van der Waals surface area contributed by atoms with Crippen LogP contribution in [0.15, 0.2) is 6.20 Å². The van der Waals surface area contributed by atoms with Crippen LogP contribution in [0.2, 0.25) is 0 Å². The first kappa shape index (κ1) is 13.5. The lowest BCUT2D eigenvalue weighted by Crippen LogP contribution is -2.33. The lowest BCUT2D eigenvalue weighted by atomic mass is 9.80. The summed E-state index contributed by atoms with van der Waals surface area (Å²) in [5.41, 5.74) is -0.102. The van der Waals surface area contributed by atoms with Crippen molar-refractivity contribution in [1.82, 2.24) is 10.3 Å². The zero-order valence-electron chi connectivity index (χ0n) is 11.9. The van der Waals surface area contributed by atoms with Crippen LogP contribution in [-0.2, 0) is 16.9 Å². The fraction of sp³-hybridized carbons (Fsp3) is 0.800. The highest BCUT2D eigenvalue weighted by Crippen LogP contribution is 2.43. The third kappa shape index (κ3) is 3.01. The molecule has 3 nitrogen and oxygen atoms in total. The Bertz CT molecular complexity index is 420. The number of rotatable bonds is 5. The molecule has 0 unspecified atom stereocenters. The van der Waals surface area contributed by atoms with Gasteiger partial charge in [-0.15, -0.1) is 11.3 Å². The molecule has 2 aliphatic rings. The van der Waals surface area contributed by atoms with E-state index in [0.717, 1.165) is 31.3 Å². The van der Waals surface area contributed by atoms with Gasteiger partial charge in [0.05, 0.1) is 0 Å². The van der Waals surface area contributed by atoms with E-state index < -0.39 is 0 Å². The summed E-state index contributed by atoms with van der Waals surface area (Å²) in [5.74, 6) is 0.833. The van der Waals surface area contributed by atoms with E-state index in [4.69, 9.17) is 4.74 Å². The smallest absolute Gasteiger partial charge is 0.125 e. The summed E-state index contributed by atoms with van der Waals surface area (Å²) in [6.07, 6.45) is 9.46. The maximum Gasteiger partial charge on any atom is 0.125 e. The Labute approximate surface area is 119 Å². The molecule has 106 valence electrons. The maximum atomic E-state index is 5.89. The second kappa shape index (κ2) is 5.51. The van der Waals surface area contributed by atoms with Crippen LogP contribution in [0.1, 0.15) is 55.3 Å². The highest BCUT2D eigenvalue weighted by Gasteiger charge is 2.38.